The molecule has 3 N–H and O–H groups in total. The highest BCUT2D eigenvalue weighted by Gasteiger charge is 2.12. The number of hydrogen-bond acceptors (Lipinski definition) is 5. The number of urea groups is 1. The van der Waals surface area contributed by atoms with Crippen LogP contribution in [0.25, 0.3) is 11.0 Å². The molecule has 0 aromatic carbocycles. The molecule has 3 aromatic heterocycles. The summed E-state index contributed by atoms with van der Waals surface area (Å²) in [4.78, 5) is 31.7. The van der Waals surface area contributed by atoms with Crippen LogP contribution in [0.5, 0.6) is 5.88 Å². The van der Waals surface area contributed by atoms with Gasteiger partial charge in [0.05, 0.1) is 18.9 Å². The molecule has 0 aliphatic heterocycles. The van der Waals surface area contributed by atoms with Gasteiger partial charge in [-0.25, -0.2) is 9.78 Å². The van der Waals surface area contributed by atoms with Crippen LogP contribution in [-0.2, 0) is 6.42 Å². The van der Waals surface area contributed by atoms with Crippen LogP contribution in [0.3, 0.4) is 0 Å². The SMILES string of the molecule is COc1ccc2[nH]cc(NC(=O)N[C@@H](C)CCc3ccco3)c(=O)c2n1. The van der Waals surface area contributed by atoms with E-state index in [-0.39, 0.29) is 22.7 Å². The van der Waals surface area contributed by atoms with Crippen LogP contribution in [-0.4, -0.2) is 29.2 Å². The molecule has 0 unspecified atom stereocenters. The predicted octanol–water partition coefficient (Wildman–Crippen LogP) is 2.67. The van der Waals surface area contributed by atoms with Gasteiger partial charge in [-0.3, -0.25) is 4.79 Å². The van der Waals surface area contributed by atoms with Crippen molar-refractivity contribution < 1.29 is 13.9 Å². The Labute approximate surface area is 149 Å². The van der Waals surface area contributed by atoms with E-state index in [4.69, 9.17) is 9.15 Å². The molecule has 1 atom stereocenters. The highest BCUT2D eigenvalue weighted by atomic mass is 16.5. The van der Waals surface area contributed by atoms with Gasteiger partial charge in [0.15, 0.2) is 0 Å². The Hall–Kier alpha value is -3.29. The van der Waals surface area contributed by atoms with Crippen molar-refractivity contribution >= 4 is 22.8 Å². The number of rotatable bonds is 6. The van der Waals surface area contributed by atoms with Crippen molar-refractivity contribution in [1.82, 2.24) is 15.3 Å². The number of nitrogens with one attached hydrogen (secondary N) is 3. The van der Waals surface area contributed by atoms with Crippen molar-refractivity contribution in [3.63, 3.8) is 0 Å². The second kappa shape index (κ2) is 7.73. The number of ether oxygens (including phenoxy) is 1. The molecule has 0 fully saturated rings. The third-order valence-electron chi connectivity index (χ3n) is 3.94. The first-order valence-electron chi connectivity index (χ1n) is 8.23. The maximum Gasteiger partial charge on any atom is 0.319 e. The second-order valence-corrected chi connectivity index (χ2v) is 5.90. The number of aryl methyl sites for hydroxylation is 1. The number of carbonyl (C=O) groups excluding carboxylic acids is 1. The van der Waals surface area contributed by atoms with Crippen molar-refractivity contribution in [1.29, 1.82) is 0 Å². The highest BCUT2D eigenvalue weighted by Crippen LogP contribution is 2.13. The number of pyridine rings is 2. The quantitative estimate of drug-likeness (QED) is 0.629. The van der Waals surface area contributed by atoms with Gasteiger partial charge >= 0.3 is 6.03 Å². The van der Waals surface area contributed by atoms with E-state index >= 15 is 0 Å². The molecule has 8 nitrogen and oxygen atoms in total. The molecule has 136 valence electrons. The molecule has 2 amide bonds. The minimum Gasteiger partial charge on any atom is -0.481 e. The fourth-order valence-corrected chi connectivity index (χ4v) is 2.55. The standard InChI is InChI=1S/C18H20N4O4/c1-11(5-6-12-4-3-9-26-12)20-18(24)21-14-10-19-13-7-8-15(25-2)22-16(13)17(14)23/h3-4,7-11H,5-6H2,1-2H3,(H,19,23)(H2,20,21,24)/t11-/m0/s1. The normalized spacial score (nSPS) is 11.9. The van der Waals surface area contributed by atoms with Crippen LogP contribution in [0, 0.1) is 0 Å². The van der Waals surface area contributed by atoms with Crippen LogP contribution in [0.2, 0.25) is 0 Å². The molecule has 0 spiro atoms. The lowest BCUT2D eigenvalue weighted by Gasteiger charge is -2.14. The Morgan fingerprint density at radius 2 is 2.23 bits per heavy atom. The zero-order valence-corrected chi connectivity index (χ0v) is 14.5. The van der Waals surface area contributed by atoms with Gasteiger partial charge in [0, 0.05) is 24.7 Å². The number of anilines is 1. The fourth-order valence-electron chi connectivity index (χ4n) is 2.55. The molecular weight excluding hydrogens is 336 g/mol. The molecular formula is C18H20N4O4. The molecule has 3 rings (SSSR count). The van der Waals surface area contributed by atoms with Crippen molar-refractivity contribution in [2.24, 2.45) is 0 Å². The second-order valence-electron chi connectivity index (χ2n) is 5.90. The maximum absolute atomic E-state index is 12.5. The number of aromatic amines is 1. The van der Waals surface area contributed by atoms with Crippen LogP contribution in [0.4, 0.5) is 10.5 Å². The van der Waals surface area contributed by atoms with Crippen LogP contribution >= 0.6 is 0 Å². The number of nitrogens with zero attached hydrogens (tertiary/aromatic N) is 1. The first-order chi connectivity index (χ1) is 12.6. The Balaban J connectivity index is 1.65. The van der Waals surface area contributed by atoms with Crippen LogP contribution in [0.1, 0.15) is 19.1 Å². The Bertz CT molecular complexity index is 949. The predicted molar refractivity (Wildman–Crippen MR) is 97.6 cm³/mol. The summed E-state index contributed by atoms with van der Waals surface area (Å²) in [7, 11) is 1.47. The van der Waals surface area contributed by atoms with E-state index < -0.39 is 6.03 Å². The third kappa shape index (κ3) is 4.02. The zero-order chi connectivity index (χ0) is 18.5. The molecule has 26 heavy (non-hydrogen) atoms. The van der Waals surface area contributed by atoms with Crippen LogP contribution < -0.4 is 20.8 Å². The number of hydrogen-bond donors (Lipinski definition) is 3. The number of aromatic nitrogens is 2. The topological polar surface area (TPSA) is 109 Å². The summed E-state index contributed by atoms with van der Waals surface area (Å²) in [5.74, 6) is 1.20. The van der Waals surface area contributed by atoms with Gasteiger partial charge in [0.2, 0.25) is 11.3 Å². The van der Waals surface area contributed by atoms with Gasteiger partial charge in [-0.1, -0.05) is 0 Å². The van der Waals surface area contributed by atoms with Crippen molar-refractivity contribution in [3.05, 3.63) is 52.7 Å². The minimum atomic E-state index is -0.454. The van der Waals surface area contributed by atoms with E-state index in [0.717, 1.165) is 5.76 Å². The number of carbonyl (C=O) groups is 1. The number of furan rings is 1. The fraction of sp³-hybridized carbons (Fsp3) is 0.278. The number of methoxy groups -OCH3 is 1. The van der Waals surface area contributed by atoms with E-state index in [1.54, 1.807) is 18.4 Å². The molecule has 0 saturated heterocycles. The molecule has 0 bridgehead atoms. The molecule has 0 radical (unpaired) electrons. The molecule has 0 saturated carbocycles. The number of fused-ring (bicyclic) bond motifs is 1. The van der Waals surface area contributed by atoms with E-state index in [0.29, 0.717) is 24.2 Å². The smallest absolute Gasteiger partial charge is 0.319 e. The third-order valence-corrected chi connectivity index (χ3v) is 3.94. The molecule has 0 aliphatic carbocycles. The lowest BCUT2D eigenvalue weighted by Crippen LogP contribution is -2.37. The summed E-state index contributed by atoms with van der Waals surface area (Å²) in [5.41, 5.74) is 0.506. The summed E-state index contributed by atoms with van der Waals surface area (Å²) in [5, 5.41) is 5.36. The lowest BCUT2D eigenvalue weighted by molar-refractivity contribution is 0.248. The maximum atomic E-state index is 12.5. The number of amides is 2. The minimum absolute atomic E-state index is 0.0853. The molecule has 0 aliphatic rings. The van der Waals surface area contributed by atoms with E-state index in [1.807, 2.05) is 19.1 Å². The summed E-state index contributed by atoms with van der Waals surface area (Å²) in [6.07, 6.45) is 4.50. The van der Waals surface area contributed by atoms with Gasteiger partial charge in [0.1, 0.15) is 17.0 Å². The molecule has 3 aromatic rings. The van der Waals surface area contributed by atoms with Crippen molar-refractivity contribution in [3.8, 4) is 5.88 Å². The van der Waals surface area contributed by atoms with Gasteiger partial charge < -0.3 is 24.8 Å². The Morgan fingerprint density at radius 1 is 1.38 bits per heavy atom. The first-order valence-corrected chi connectivity index (χ1v) is 8.23. The largest absolute Gasteiger partial charge is 0.481 e. The van der Waals surface area contributed by atoms with Gasteiger partial charge in [0.25, 0.3) is 0 Å². The average molecular weight is 356 g/mol. The molecule has 3 heterocycles. The Morgan fingerprint density at radius 3 is 2.96 bits per heavy atom. The zero-order valence-electron chi connectivity index (χ0n) is 14.5. The van der Waals surface area contributed by atoms with Crippen molar-refractivity contribution in [2.75, 3.05) is 12.4 Å². The average Bonchev–Trinajstić information content (AvgIpc) is 3.16. The van der Waals surface area contributed by atoms with Crippen LogP contribution in [0.15, 0.2) is 45.9 Å². The summed E-state index contributed by atoms with van der Waals surface area (Å²) in [6, 6.07) is 6.53. The van der Waals surface area contributed by atoms with E-state index in [2.05, 4.69) is 20.6 Å². The van der Waals surface area contributed by atoms with Gasteiger partial charge in [-0.05, 0) is 31.5 Å². The van der Waals surface area contributed by atoms with Crippen molar-refractivity contribution in [2.45, 2.75) is 25.8 Å². The summed E-state index contributed by atoms with van der Waals surface area (Å²) in [6.45, 7) is 1.89. The molecule has 8 heteroatoms. The monoisotopic (exact) mass is 356 g/mol. The van der Waals surface area contributed by atoms with Gasteiger partial charge in [-0.15, -0.1) is 0 Å². The summed E-state index contributed by atoms with van der Waals surface area (Å²) < 4.78 is 10.3. The first kappa shape index (κ1) is 17.5. The summed E-state index contributed by atoms with van der Waals surface area (Å²) >= 11 is 0. The van der Waals surface area contributed by atoms with E-state index in [1.165, 1.54) is 13.3 Å². The Kier molecular flexibility index (Phi) is 5.21. The van der Waals surface area contributed by atoms with E-state index in [9.17, 15) is 9.59 Å². The van der Waals surface area contributed by atoms with Gasteiger partial charge in [-0.2, -0.15) is 0 Å². The highest BCUT2D eigenvalue weighted by molar-refractivity contribution is 5.91. The number of H-pyrrole nitrogens is 1. The lowest BCUT2D eigenvalue weighted by atomic mass is 10.1.